The van der Waals surface area contributed by atoms with Gasteiger partial charge in [0.25, 0.3) is 0 Å². The number of piperidine rings is 1. The van der Waals surface area contributed by atoms with Crippen molar-refractivity contribution >= 4 is 5.91 Å². The second-order valence-corrected chi connectivity index (χ2v) is 4.54. The number of furan rings is 1. The van der Waals surface area contributed by atoms with Crippen molar-refractivity contribution in [3.8, 4) is 6.07 Å². The summed E-state index contributed by atoms with van der Waals surface area (Å²) in [6, 6.07) is 5.91. The maximum absolute atomic E-state index is 11.7. The summed E-state index contributed by atoms with van der Waals surface area (Å²) in [6.07, 6.45) is 3.32. The van der Waals surface area contributed by atoms with Crippen molar-refractivity contribution in [2.45, 2.75) is 19.4 Å². The van der Waals surface area contributed by atoms with Gasteiger partial charge in [0.15, 0.2) is 0 Å². The topological polar surface area (TPSA) is 69.3 Å². The molecular weight excluding hydrogens is 230 g/mol. The Bertz CT molecular complexity index is 414. The SMILES string of the molecule is N#CC1CCN(CC(=O)NCc2ccco2)CC1. The van der Waals surface area contributed by atoms with E-state index in [0.717, 1.165) is 31.7 Å². The maximum atomic E-state index is 11.7. The van der Waals surface area contributed by atoms with Crippen molar-refractivity contribution in [1.29, 1.82) is 5.26 Å². The Hall–Kier alpha value is -1.80. The van der Waals surface area contributed by atoms with Crippen LogP contribution in [0.2, 0.25) is 0 Å². The average Bonchev–Trinajstić information content (AvgIpc) is 2.90. The Kier molecular flexibility index (Phi) is 4.37. The van der Waals surface area contributed by atoms with Gasteiger partial charge < -0.3 is 9.73 Å². The molecule has 1 saturated heterocycles. The molecule has 96 valence electrons. The fraction of sp³-hybridized carbons (Fsp3) is 0.538. The van der Waals surface area contributed by atoms with E-state index in [0.29, 0.717) is 13.1 Å². The number of amides is 1. The highest BCUT2D eigenvalue weighted by molar-refractivity contribution is 5.77. The summed E-state index contributed by atoms with van der Waals surface area (Å²) in [5.41, 5.74) is 0. The van der Waals surface area contributed by atoms with Gasteiger partial charge in [-0.2, -0.15) is 5.26 Å². The molecule has 0 aliphatic carbocycles. The minimum atomic E-state index is 0.00167. The number of nitrogens with zero attached hydrogens (tertiary/aromatic N) is 2. The van der Waals surface area contributed by atoms with Crippen LogP contribution < -0.4 is 5.32 Å². The Morgan fingerprint density at radius 2 is 2.33 bits per heavy atom. The molecule has 1 N–H and O–H groups in total. The summed E-state index contributed by atoms with van der Waals surface area (Å²) in [7, 11) is 0. The molecule has 0 atom stereocenters. The molecule has 0 bridgehead atoms. The lowest BCUT2D eigenvalue weighted by Crippen LogP contribution is -2.41. The normalized spacial score (nSPS) is 17.3. The lowest BCUT2D eigenvalue weighted by Gasteiger charge is -2.28. The Balaban J connectivity index is 1.67. The summed E-state index contributed by atoms with van der Waals surface area (Å²) in [5.74, 6) is 0.917. The average molecular weight is 247 g/mol. The van der Waals surface area contributed by atoms with Gasteiger partial charge in [-0.15, -0.1) is 0 Å². The third-order valence-corrected chi connectivity index (χ3v) is 3.18. The number of carbonyl (C=O) groups is 1. The van der Waals surface area contributed by atoms with Crippen molar-refractivity contribution in [3.63, 3.8) is 0 Å². The summed E-state index contributed by atoms with van der Waals surface area (Å²) in [5, 5.41) is 11.6. The van der Waals surface area contributed by atoms with Crippen LogP contribution >= 0.6 is 0 Å². The van der Waals surface area contributed by atoms with Crippen LogP contribution in [0.1, 0.15) is 18.6 Å². The minimum Gasteiger partial charge on any atom is -0.467 e. The standard InChI is InChI=1S/C13H17N3O2/c14-8-11-3-5-16(6-4-11)10-13(17)15-9-12-2-1-7-18-12/h1-2,7,11H,3-6,9-10H2,(H,15,17). The molecule has 1 aromatic heterocycles. The second-order valence-electron chi connectivity index (χ2n) is 4.54. The van der Waals surface area contributed by atoms with E-state index in [-0.39, 0.29) is 11.8 Å². The van der Waals surface area contributed by atoms with Crippen molar-refractivity contribution in [3.05, 3.63) is 24.2 Å². The number of carbonyl (C=O) groups excluding carboxylic acids is 1. The summed E-state index contributed by atoms with van der Waals surface area (Å²) in [4.78, 5) is 13.8. The van der Waals surface area contributed by atoms with Gasteiger partial charge in [-0.05, 0) is 38.1 Å². The Morgan fingerprint density at radius 3 is 2.94 bits per heavy atom. The molecule has 0 aromatic carbocycles. The maximum Gasteiger partial charge on any atom is 0.234 e. The Labute approximate surface area is 106 Å². The predicted molar refractivity (Wildman–Crippen MR) is 65.3 cm³/mol. The minimum absolute atomic E-state index is 0.00167. The quantitative estimate of drug-likeness (QED) is 0.866. The van der Waals surface area contributed by atoms with Crippen LogP contribution in [0.4, 0.5) is 0 Å². The fourth-order valence-electron chi connectivity index (χ4n) is 2.08. The highest BCUT2D eigenvalue weighted by Gasteiger charge is 2.20. The van der Waals surface area contributed by atoms with E-state index in [1.54, 1.807) is 12.3 Å². The molecule has 2 rings (SSSR count). The van der Waals surface area contributed by atoms with E-state index in [1.807, 2.05) is 6.07 Å². The van der Waals surface area contributed by atoms with Crippen LogP contribution in [0.3, 0.4) is 0 Å². The van der Waals surface area contributed by atoms with Crippen LogP contribution in [0.5, 0.6) is 0 Å². The molecule has 0 unspecified atom stereocenters. The van der Waals surface area contributed by atoms with Crippen LogP contribution in [0.25, 0.3) is 0 Å². The molecule has 1 aliphatic heterocycles. The third-order valence-electron chi connectivity index (χ3n) is 3.18. The molecule has 0 spiro atoms. The van der Waals surface area contributed by atoms with Gasteiger partial charge in [-0.3, -0.25) is 9.69 Å². The molecule has 5 nitrogen and oxygen atoms in total. The molecule has 1 amide bonds. The van der Waals surface area contributed by atoms with Gasteiger partial charge in [0.05, 0.1) is 25.4 Å². The first kappa shape index (κ1) is 12.7. The van der Waals surface area contributed by atoms with E-state index in [4.69, 9.17) is 9.68 Å². The van der Waals surface area contributed by atoms with Crippen molar-refractivity contribution in [1.82, 2.24) is 10.2 Å². The number of nitrogens with one attached hydrogen (secondary N) is 1. The molecular formula is C13H17N3O2. The van der Waals surface area contributed by atoms with Crippen LogP contribution in [0, 0.1) is 17.2 Å². The first-order chi connectivity index (χ1) is 8.78. The number of rotatable bonds is 4. The lowest BCUT2D eigenvalue weighted by molar-refractivity contribution is -0.122. The third kappa shape index (κ3) is 3.60. The zero-order chi connectivity index (χ0) is 12.8. The molecule has 1 aliphatic rings. The fourth-order valence-corrected chi connectivity index (χ4v) is 2.08. The molecule has 1 aromatic rings. The monoisotopic (exact) mass is 247 g/mol. The highest BCUT2D eigenvalue weighted by Crippen LogP contribution is 2.15. The molecule has 18 heavy (non-hydrogen) atoms. The largest absolute Gasteiger partial charge is 0.467 e. The zero-order valence-corrected chi connectivity index (χ0v) is 10.3. The van der Waals surface area contributed by atoms with E-state index >= 15 is 0 Å². The molecule has 0 saturated carbocycles. The van der Waals surface area contributed by atoms with Gasteiger partial charge in [-0.1, -0.05) is 0 Å². The zero-order valence-electron chi connectivity index (χ0n) is 10.3. The highest BCUT2D eigenvalue weighted by atomic mass is 16.3. The molecule has 2 heterocycles. The first-order valence-corrected chi connectivity index (χ1v) is 6.19. The van der Waals surface area contributed by atoms with E-state index in [1.165, 1.54) is 0 Å². The summed E-state index contributed by atoms with van der Waals surface area (Å²) in [6.45, 7) is 2.48. The van der Waals surface area contributed by atoms with Crippen molar-refractivity contribution in [2.75, 3.05) is 19.6 Å². The number of nitriles is 1. The van der Waals surface area contributed by atoms with Gasteiger partial charge in [0, 0.05) is 5.92 Å². The first-order valence-electron chi connectivity index (χ1n) is 6.19. The van der Waals surface area contributed by atoms with E-state index in [9.17, 15) is 4.79 Å². The van der Waals surface area contributed by atoms with E-state index < -0.39 is 0 Å². The van der Waals surface area contributed by atoms with Gasteiger partial charge >= 0.3 is 0 Å². The van der Waals surface area contributed by atoms with Crippen LogP contribution in [-0.2, 0) is 11.3 Å². The van der Waals surface area contributed by atoms with E-state index in [2.05, 4.69) is 16.3 Å². The van der Waals surface area contributed by atoms with Crippen LogP contribution in [-0.4, -0.2) is 30.4 Å². The number of hydrogen-bond donors (Lipinski definition) is 1. The lowest BCUT2D eigenvalue weighted by atomic mass is 9.99. The molecule has 5 heteroatoms. The molecule has 0 radical (unpaired) electrons. The van der Waals surface area contributed by atoms with Gasteiger partial charge in [0.2, 0.25) is 5.91 Å². The van der Waals surface area contributed by atoms with Crippen molar-refractivity contribution in [2.24, 2.45) is 5.92 Å². The second kappa shape index (κ2) is 6.22. The van der Waals surface area contributed by atoms with Gasteiger partial charge in [-0.25, -0.2) is 0 Å². The van der Waals surface area contributed by atoms with Crippen LogP contribution in [0.15, 0.2) is 22.8 Å². The number of likely N-dealkylation sites (tertiary alicyclic amines) is 1. The summed E-state index contributed by atoms with van der Waals surface area (Å²) >= 11 is 0. The molecule has 1 fully saturated rings. The predicted octanol–water partition coefficient (Wildman–Crippen LogP) is 1.13. The smallest absolute Gasteiger partial charge is 0.234 e. The Morgan fingerprint density at radius 1 is 1.56 bits per heavy atom. The number of hydrogen-bond acceptors (Lipinski definition) is 4. The van der Waals surface area contributed by atoms with Gasteiger partial charge in [0.1, 0.15) is 5.76 Å². The summed E-state index contributed by atoms with van der Waals surface area (Å²) < 4.78 is 5.14. The van der Waals surface area contributed by atoms with Crippen molar-refractivity contribution < 1.29 is 9.21 Å².